The lowest BCUT2D eigenvalue weighted by Gasteiger charge is -2.23. The highest BCUT2D eigenvalue weighted by atomic mass is 35.5. The predicted molar refractivity (Wildman–Crippen MR) is 72.1 cm³/mol. The number of rotatable bonds is 3. The smallest absolute Gasteiger partial charge is 0.347 e. The van der Waals surface area contributed by atoms with Crippen LogP contribution < -0.4 is 4.74 Å². The molecule has 0 N–H and O–H groups in total. The highest BCUT2D eigenvalue weighted by Crippen LogP contribution is 2.23. The van der Waals surface area contributed by atoms with E-state index in [4.69, 9.17) is 21.1 Å². The molecule has 3 nitrogen and oxygen atoms in total. The normalized spacial score (nSPS) is 13.0. The molecule has 0 aliphatic rings. The van der Waals surface area contributed by atoms with Gasteiger partial charge in [0.1, 0.15) is 11.4 Å². The fourth-order valence-electron chi connectivity index (χ4n) is 1.37. The van der Waals surface area contributed by atoms with Crippen molar-refractivity contribution >= 4 is 17.6 Å². The minimum Gasteiger partial charge on any atom is -0.479 e. The molecule has 0 spiro atoms. The van der Waals surface area contributed by atoms with Crippen molar-refractivity contribution in [3.63, 3.8) is 0 Å². The second-order valence-electron chi connectivity index (χ2n) is 5.20. The van der Waals surface area contributed by atoms with E-state index in [2.05, 4.69) is 0 Å². The van der Waals surface area contributed by atoms with Gasteiger partial charge in [-0.3, -0.25) is 0 Å². The maximum atomic E-state index is 11.8. The minimum atomic E-state index is -0.649. The first-order valence-corrected chi connectivity index (χ1v) is 6.22. The molecule has 100 valence electrons. The molecule has 0 fully saturated rings. The summed E-state index contributed by atoms with van der Waals surface area (Å²) in [6.07, 6.45) is -0.649. The van der Waals surface area contributed by atoms with Crippen LogP contribution >= 0.6 is 11.6 Å². The number of benzene rings is 1. The van der Waals surface area contributed by atoms with Gasteiger partial charge in [-0.05, 0) is 58.4 Å². The average Bonchev–Trinajstić information content (AvgIpc) is 2.19. The van der Waals surface area contributed by atoms with E-state index in [0.717, 1.165) is 5.56 Å². The Balaban J connectivity index is 2.69. The van der Waals surface area contributed by atoms with Crippen molar-refractivity contribution < 1.29 is 14.3 Å². The highest BCUT2D eigenvalue weighted by molar-refractivity contribution is 6.30. The van der Waals surface area contributed by atoms with Crippen LogP contribution in [0.15, 0.2) is 18.2 Å². The number of carbonyl (C=O) groups excluding carboxylic acids is 1. The van der Waals surface area contributed by atoms with Crippen LogP contribution in [0, 0.1) is 6.92 Å². The molecule has 0 aliphatic heterocycles. The standard InChI is InChI=1S/C14H19ClO3/c1-9-8-11(15)6-7-12(9)17-10(2)13(16)18-14(3,4)5/h6-8,10H,1-5H3. The number of carbonyl (C=O) groups is 1. The molecule has 0 radical (unpaired) electrons. The second-order valence-corrected chi connectivity index (χ2v) is 5.64. The molecule has 1 aromatic carbocycles. The SMILES string of the molecule is Cc1cc(Cl)ccc1OC(C)C(=O)OC(C)(C)C. The van der Waals surface area contributed by atoms with Crippen LogP contribution in [0.1, 0.15) is 33.3 Å². The number of esters is 1. The molecule has 1 aromatic rings. The zero-order valence-electron chi connectivity index (χ0n) is 11.4. The molecule has 0 bridgehead atoms. The quantitative estimate of drug-likeness (QED) is 0.785. The van der Waals surface area contributed by atoms with E-state index in [9.17, 15) is 4.79 Å². The van der Waals surface area contributed by atoms with Crippen LogP contribution in [-0.4, -0.2) is 17.7 Å². The van der Waals surface area contributed by atoms with Gasteiger partial charge in [0.2, 0.25) is 0 Å². The summed E-state index contributed by atoms with van der Waals surface area (Å²) in [4.78, 5) is 11.8. The summed E-state index contributed by atoms with van der Waals surface area (Å²) in [7, 11) is 0. The summed E-state index contributed by atoms with van der Waals surface area (Å²) in [5.74, 6) is 0.259. The Hall–Kier alpha value is -1.22. The summed E-state index contributed by atoms with van der Waals surface area (Å²) < 4.78 is 10.8. The third-order valence-corrected chi connectivity index (χ3v) is 2.41. The van der Waals surface area contributed by atoms with Crippen molar-refractivity contribution in [2.75, 3.05) is 0 Å². The van der Waals surface area contributed by atoms with Crippen molar-refractivity contribution in [1.82, 2.24) is 0 Å². The van der Waals surface area contributed by atoms with Gasteiger partial charge >= 0.3 is 5.97 Å². The molecule has 0 saturated heterocycles. The molecule has 0 heterocycles. The van der Waals surface area contributed by atoms with E-state index < -0.39 is 11.7 Å². The van der Waals surface area contributed by atoms with Gasteiger partial charge < -0.3 is 9.47 Å². The monoisotopic (exact) mass is 270 g/mol. The fraction of sp³-hybridized carbons (Fsp3) is 0.500. The lowest BCUT2D eigenvalue weighted by Crippen LogP contribution is -2.33. The van der Waals surface area contributed by atoms with Crippen LogP contribution in [0.3, 0.4) is 0 Å². The third kappa shape index (κ3) is 4.57. The molecule has 18 heavy (non-hydrogen) atoms. The summed E-state index contributed by atoms with van der Waals surface area (Å²) in [5.41, 5.74) is 0.377. The number of aryl methyl sites for hydroxylation is 1. The van der Waals surface area contributed by atoms with E-state index >= 15 is 0 Å². The third-order valence-electron chi connectivity index (χ3n) is 2.18. The van der Waals surface area contributed by atoms with Gasteiger partial charge in [-0.2, -0.15) is 0 Å². The van der Waals surface area contributed by atoms with Crippen molar-refractivity contribution in [2.45, 2.75) is 46.3 Å². The first kappa shape index (κ1) is 14.8. The fourth-order valence-corrected chi connectivity index (χ4v) is 1.60. The lowest BCUT2D eigenvalue weighted by molar-refractivity contribution is -0.162. The number of ether oxygens (including phenoxy) is 2. The molecular weight excluding hydrogens is 252 g/mol. The largest absolute Gasteiger partial charge is 0.479 e. The molecule has 0 aromatic heterocycles. The van der Waals surface area contributed by atoms with Gasteiger partial charge in [0, 0.05) is 5.02 Å². The topological polar surface area (TPSA) is 35.5 Å². The van der Waals surface area contributed by atoms with Crippen molar-refractivity contribution in [3.8, 4) is 5.75 Å². The average molecular weight is 271 g/mol. The van der Waals surface area contributed by atoms with Crippen LogP contribution in [0.4, 0.5) is 0 Å². The van der Waals surface area contributed by atoms with Gasteiger partial charge in [0.15, 0.2) is 6.10 Å². The van der Waals surface area contributed by atoms with Crippen molar-refractivity contribution in [3.05, 3.63) is 28.8 Å². The molecule has 0 saturated carbocycles. The summed E-state index contributed by atoms with van der Waals surface area (Å²) >= 11 is 5.86. The van der Waals surface area contributed by atoms with Crippen LogP contribution in [0.2, 0.25) is 5.02 Å². The van der Waals surface area contributed by atoms with E-state index in [1.807, 2.05) is 27.7 Å². The van der Waals surface area contributed by atoms with E-state index in [1.54, 1.807) is 25.1 Å². The van der Waals surface area contributed by atoms with Gasteiger partial charge in [-0.25, -0.2) is 4.79 Å². The van der Waals surface area contributed by atoms with Crippen LogP contribution in [0.25, 0.3) is 0 Å². The molecular formula is C14H19ClO3. The molecule has 1 unspecified atom stereocenters. The van der Waals surface area contributed by atoms with Gasteiger partial charge in [-0.1, -0.05) is 11.6 Å². The molecule has 0 aliphatic carbocycles. The maximum Gasteiger partial charge on any atom is 0.347 e. The van der Waals surface area contributed by atoms with Crippen molar-refractivity contribution in [2.24, 2.45) is 0 Å². The number of halogens is 1. The molecule has 4 heteroatoms. The van der Waals surface area contributed by atoms with Gasteiger partial charge in [0.05, 0.1) is 0 Å². The predicted octanol–water partition coefficient (Wildman–Crippen LogP) is 3.76. The Morgan fingerprint density at radius 1 is 1.33 bits per heavy atom. The summed E-state index contributed by atoms with van der Waals surface area (Å²) in [6, 6.07) is 5.27. The first-order valence-electron chi connectivity index (χ1n) is 5.85. The van der Waals surface area contributed by atoms with E-state index in [-0.39, 0.29) is 5.97 Å². The lowest BCUT2D eigenvalue weighted by atomic mass is 10.2. The number of hydrogen-bond acceptors (Lipinski definition) is 3. The van der Waals surface area contributed by atoms with E-state index in [1.165, 1.54) is 0 Å². The molecule has 0 amide bonds. The Kier molecular flexibility index (Phi) is 4.63. The Morgan fingerprint density at radius 3 is 2.44 bits per heavy atom. The zero-order valence-corrected chi connectivity index (χ0v) is 12.2. The first-order chi connectivity index (χ1) is 8.19. The molecule has 1 atom stereocenters. The minimum absolute atomic E-state index is 0.378. The Bertz CT molecular complexity index is 435. The van der Waals surface area contributed by atoms with Gasteiger partial charge in [-0.15, -0.1) is 0 Å². The second kappa shape index (κ2) is 5.61. The van der Waals surface area contributed by atoms with Crippen molar-refractivity contribution in [1.29, 1.82) is 0 Å². The summed E-state index contributed by atoms with van der Waals surface area (Å²) in [5, 5.41) is 0.643. The number of hydrogen-bond donors (Lipinski definition) is 0. The van der Waals surface area contributed by atoms with Crippen LogP contribution in [-0.2, 0) is 9.53 Å². The maximum absolute atomic E-state index is 11.8. The molecule has 1 rings (SSSR count). The Morgan fingerprint density at radius 2 is 1.94 bits per heavy atom. The van der Waals surface area contributed by atoms with Crippen LogP contribution in [0.5, 0.6) is 5.75 Å². The van der Waals surface area contributed by atoms with Gasteiger partial charge in [0.25, 0.3) is 0 Å². The van der Waals surface area contributed by atoms with E-state index in [0.29, 0.717) is 10.8 Å². The summed E-state index contributed by atoms with van der Waals surface area (Å²) in [6.45, 7) is 9.02. The zero-order chi connectivity index (χ0) is 13.9. The Labute approximate surface area is 113 Å². The highest BCUT2D eigenvalue weighted by Gasteiger charge is 2.23.